The molecule has 0 saturated heterocycles. The van der Waals surface area contributed by atoms with Gasteiger partial charge in [0, 0.05) is 22.2 Å². The first kappa shape index (κ1) is 31.0. The van der Waals surface area contributed by atoms with Gasteiger partial charge in [0.15, 0.2) is 0 Å². The van der Waals surface area contributed by atoms with Gasteiger partial charge in [0.25, 0.3) is 5.56 Å². The van der Waals surface area contributed by atoms with Crippen LogP contribution in [0.4, 0.5) is 10.5 Å². The number of nitrogens with two attached hydrogens (primary N) is 1. The Balaban J connectivity index is 0.00000196. The molecule has 2 aliphatic rings. The van der Waals surface area contributed by atoms with Crippen LogP contribution < -0.4 is 16.6 Å². The molecule has 0 radical (unpaired) electrons. The van der Waals surface area contributed by atoms with Gasteiger partial charge in [0.2, 0.25) is 12.0 Å². The Bertz CT molecular complexity index is 1840. The van der Waals surface area contributed by atoms with Gasteiger partial charge in [-0.05, 0) is 42.3 Å². The third-order valence-corrected chi connectivity index (χ3v) is 7.32. The van der Waals surface area contributed by atoms with E-state index in [1.807, 2.05) is 44.2 Å². The molecule has 1 amide bonds. The zero-order valence-electron chi connectivity index (χ0n) is 24.6. The van der Waals surface area contributed by atoms with Gasteiger partial charge in [-0.1, -0.05) is 49.4 Å². The number of fused-ring (bicyclic) bond motifs is 5. The maximum Gasteiger partial charge on any atom is 0.509 e. The number of nitrogens with zero attached hydrogens (tertiary/aromatic N) is 3. The van der Waals surface area contributed by atoms with Crippen molar-refractivity contribution in [2.75, 3.05) is 11.9 Å². The molecule has 0 spiro atoms. The number of amides is 1. The van der Waals surface area contributed by atoms with Crippen LogP contribution in [0.5, 0.6) is 0 Å². The number of aromatic nitrogens is 2. The number of rotatable bonds is 8. The van der Waals surface area contributed by atoms with Gasteiger partial charge < -0.3 is 29.8 Å². The fourth-order valence-electron chi connectivity index (χ4n) is 5.08. The van der Waals surface area contributed by atoms with Crippen molar-refractivity contribution in [1.29, 1.82) is 0 Å². The number of cyclic esters (lactones) is 1. The molecular weight excluding hydrogens is 582 g/mol. The van der Waals surface area contributed by atoms with Gasteiger partial charge in [-0.25, -0.2) is 14.6 Å². The molecule has 2 aromatic carbocycles. The highest BCUT2D eigenvalue weighted by Crippen LogP contribution is 2.36. The van der Waals surface area contributed by atoms with Gasteiger partial charge in [-0.2, -0.15) is 4.91 Å². The van der Waals surface area contributed by atoms with E-state index in [1.54, 1.807) is 34.9 Å². The topological polar surface area (TPSA) is 181 Å². The molecule has 2 atom stereocenters. The SMILES string of the molecule is CC.NC(CCN=O)C(=O)Nc1ccc(COC(=O)OC2C(=O)OCc3c2cc2n(c3=O)Cc3cc4ccccc4nc3-2)cc1. The summed E-state index contributed by atoms with van der Waals surface area (Å²) in [4.78, 5) is 65.8. The van der Waals surface area contributed by atoms with Crippen LogP contribution in [-0.4, -0.2) is 40.2 Å². The summed E-state index contributed by atoms with van der Waals surface area (Å²) in [5.74, 6) is -1.28. The minimum Gasteiger partial charge on any atom is -0.458 e. The molecule has 0 saturated carbocycles. The fraction of sp³-hybridized carbons (Fsp3) is 0.281. The fourth-order valence-corrected chi connectivity index (χ4v) is 5.08. The number of carbonyl (C=O) groups is 3. The maximum absolute atomic E-state index is 13.4. The summed E-state index contributed by atoms with van der Waals surface area (Å²) < 4.78 is 17.3. The van der Waals surface area contributed by atoms with Crippen molar-refractivity contribution in [2.24, 2.45) is 10.9 Å². The van der Waals surface area contributed by atoms with Crippen LogP contribution in [-0.2, 0) is 43.6 Å². The van der Waals surface area contributed by atoms with Gasteiger partial charge in [0.1, 0.15) is 13.2 Å². The average molecular weight is 614 g/mol. The second-order valence-electron chi connectivity index (χ2n) is 10.1. The van der Waals surface area contributed by atoms with Crippen molar-refractivity contribution in [1.82, 2.24) is 9.55 Å². The van der Waals surface area contributed by atoms with Crippen molar-refractivity contribution in [3.8, 4) is 11.4 Å². The second-order valence-corrected chi connectivity index (χ2v) is 10.1. The number of para-hydroxylation sites is 1. The zero-order chi connectivity index (χ0) is 32.1. The van der Waals surface area contributed by atoms with Crippen molar-refractivity contribution in [2.45, 2.75) is 52.2 Å². The lowest BCUT2D eigenvalue weighted by Gasteiger charge is -2.24. The molecule has 232 valence electrons. The highest BCUT2D eigenvalue weighted by atomic mass is 16.7. The average Bonchev–Trinajstić information content (AvgIpc) is 3.42. The summed E-state index contributed by atoms with van der Waals surface area (Å²) in [6.45, 7) is 3.83. The molecule has 0 aliphatic carbocycles. The Hall–Kier alpha value is -5.43. The number of esters is 1. The highest BCUT2D eigenvalue weighted by molar-refractivity contribution is 5.94. The monoisotopic (exact) mass is 613 g/mol. The lowest BCUT2D eigenvalue weighted by atomic mass is 10.00. The van der Waals surface area contributed by atoms with Crippen LogP contribution in [0.1, 0.15) is 48.6 Å². The lowest BCUT2D eigenvalue weighted by molar-refractivity contribution is -0.159. The number of carbonyl (C=O) groups excluding carboxylic acids is 3. The molecule has 2 aromatic heterocycles. The largest absolute Gasteiger partial charge is 0.509 e. The molecule has 45 heavy (non-hydrogen) atoms. The number of nitrogens with one attached hydrogen (secondary N) is 1. The van der Waals surface area contributed by atoms with Gasteiger partial charge in [-0.15, -0.1) is 0 Å². The molecule has 2 aliphatic heterocycles. The van der Waals surface area contributed by atoms with E-state index in [9.17, 15) is 24.1 Å². The Morgan fingerprint density at radius 3 is 2.64 bits per heavy atom. The molecule has 2 unspecified atom stereocenters. The first-order valence-electron chi connectivity index (χ1n) is 14.4. The van der Waals surface area contributed by atoms with Crippen LogP contribution in [0.15, 0.2) is 70.6 Å². The summed E-state index contributed by atoms with van der Waals surface area (Å²) >= 11 is 0. The number of hydrogen-bond acceptors (Lipinski definition) is 11. The van der Waals surface area contributed by atoms with E-state index in [2.05, 4.69) is 10.5 Å². The summed E-state index contributed by atoms with van der Waals surface area (Å²) in [6, 6.07) is 16.8. The summed E-state index contributed by atoms with van der Waals surface area (Å²) in [6.07, 6.45) is -2.50. The minimum absolute atomic E-state index is 0.0626. The quantitative estimate of drug-likeness (QED) is 0.189. The van der Waals surface area contributed by atoms with Gasteiger partial charge in [-0.3, -0.25) is 9.59 Å². The van der Waals surface area contributed by atoms with Crippen LogP contribution in [0.25, 0.3) is 22.3 Å². The first-order valence-corrected chi connectivity index (χ1v) is 14.4. The van der Waals surface area contributed by atoms with Crippen LogP contribution in [0.3, 0.4) is 0 Å². The third kappa shape index (κ3) is 6.43. The van der Waals surface area contributed by atoms with Crippen LogP contribution in [0.2, 0.25) is 0 Å². The first-order chi connectivity index (χ1) is 21.8. The maximum atomic E-state index is 13.4. The predicted molar refractivity (Wildman–Crippen MR) is 164 cm³/mol. The Morgan fingerprint density at radius 1 is 1.13 bits per heavy atom. The van der Waals surface area contributed by atoms with E-state index >= 15 is 0 Å². The van der Waals surface area contributed by atoms with Crippen molar-refractivity contribution < 1.29 is 28.6 Å². The molecule has 0 fully saturated rings. The molecule has 3 N–H and O–H groups in total. The Morgan fingerprint density at radius 2 is 1.89 bits per heavy atom. The van der Waals surface area contributed by atoms with E-state index in [-0.39, 0.29) is 42.9 Å². The van der Waals surface area contributed by atoms with Gasteiger partial charge >= 0.3 is 12.1 Å². The summed E-state index contributed by atoms with van der Waals surface area (Å²) in [5, 5.41) is 6.26. The van der Waals surface area contributed by atoms with E-state index in [1.165, 1.54) is 0 Å². The zero-order valence-corrected chi connectivity index (χ0v) is 24.6. The molecular formula is C32H31N5O8. The van der Waals surface area contributed by atoms with Crippen LogP contribution >= 0.6 is 0 Å². The smallest absolute Gasteiger partial charge is 0.458 e. The van der Waals surface area contributed by atoms with Gasteiger partial charge in [0.05, 0.1) is 41.6 Å². The number of ether oxygens (including phenoxy) is 3. The number of benzene rings is 2. The predicted octanol–water partition coefficient (Wildman–Crippen LogP) is 4.33. The number of nitroso groups, excluding NO2 is 1. The number of pyridine rings is 2. The summed E-state index contributed by atoms with van der Waals surface area (Å²) in [7, 11) is 0. The number of hydrogen-bond donors (Lipinski definition) is 2. The molecule has 13 heteroatoms. The molecule has 4 heterocycles. The molecule has 0 bridgehead atoms. The molecule has 4 aromatic rings. The third-order valence-electron chi connectivity index (χ3n) is 7.32. The second kappa shape index (κ2) is 13.5. The molecule has 6 rings (SSSR count). The van der Waals surface area contributed by atoms with E-state index in [4.69, 9.17) is 24.9 Å². The molecule has 13 nitrogen and oxygen atoms in total. The minimum atomic E-state index is -1.49. The van der Waals surface area contributed by atoms with E-state index < -0.39 is 30.2 Å². The standard InChI is InChI=1S/C30H25N5O8.C2H6/c31-22(9-10-32-40)27(36)33-19-7-5-16(6-8-19)14-42-30(39)43-26-20-12-24-25-18(11-17-3-1-2-4-23(17)34-25)13-35(24)28(37)21(20)15-41-29(26)38;1-2/h1-8,11-12,22,26H,9-10,13-15,31H2,(H,33,36);1-2H3. The van der Waals surface area contributed by atoms with E-state index in [0.717, 1.165) is 16.5 Å². The number of anilines is 1. The Labute approximate surface area is 257 Å². The lowest BCUT2D eigenvalue weighted by Crippen LogP contribution is -2.36. The van der Waals surface area contributed by atoms with Crippen LogP contribution in [0, 0.1) is 4.91 Å². The summed E-state index contributed by atoms with van der Waals surface area (Å²) in [5.41, 5.74) is 9.62. The van der Waals surface area contributed by atoms with Crippen molar-refractivity contribution in [3.63, 3.8) is 0 Å². The normalized spacial score (nSPS) is 14.9. The Kier molecular flexibility index (Phi) is 9.28. The highest BCUT2D eigenvalue weighted by Gasteiger charge is 2.38. The van der Waals surface area contributed by atoms with E-state index in [0.29, 0.717) is 29.2 Å². The van der Waals surface area contributed by atoms with Crippen molar-refractivity contribution >= 4 is 34.6 Å². The van der Waals surface area contributed by atoms with Crippen molar-refractivity contribution in [3.05, 3.63) is 98.2 Å².